The lowest BCUT2D eigenvalue weighted by Gasteiger charge is -2.20. The SMILES string of the molecule is CCNC(=O)[C@H]1O[C@@H](n2cnc3c(NCC(c4ccccc4)c4ccccc4)nc(NCc4cccc(N)n4)nc32)[C@H](O)[C@@H]1O. The fraction of sp³-hybridized carbons (Fsp3) is 0.281. The number of nitrogens with one attached hydrogen (secondary N) is 3. The zero-order valence-corrected chi connectivity index (χ0v) is 24.6. The van der Waals surface area contributed by atoms with Crippen LogP contribution in [0.15, 0.2) is 85.2 Å². The van der Waals surface area contributed by atoms with Crippen molar-refractivity contribution in [2.45, 2.75) is 43.9 Å². The Morgan fingerprint density at radius 2 is 1.64 bits per heavy atom. The Labute approximate surface area is 259 Å². The summed E-state index contributed by atoms with van der Waals surface area (Å²) in [6, 6.07) is 25.7. The van der Waals surface area contributed by atoms with E-state index in [0.29, 0.717) is 48.1 Å². The first kappa shape index (κ1) is 29.9. The minimum atomic E-state index is -1.44. The van der Waals surface area contributed by atoms with Gasteiger partial charge in [-0.2, -0.15) is 9.97 Å². The van der Waals surface area contributed by atoms with Crippen molar-refractivity contribution in [2.75, 3.05) is 29.5 Å². The maximum atomic E-state index is 12.5. The lowest BCUT2D eigenvalue weighted by molar-refractivity contribution is -0.137. The molecule has 7 N–H and O–H groups in total. The molecule has 4 heterocycles. The molecule has 1 fully saturated rings. The molecule has 0 spiro atoms. The molecule has 0 aliphatic carbocycles. The normalized spacial score (nSPS) is 19.6. The number of aromatic nitrogens is 5. The smallest absolute Gasteiger partial charge is 0.252 e. The summed E-state index contributed by atoms with van der Waals surface area (Å²) in [6.07, 6.45) is -3.77. The number of rotatable bonds is 11. The highest BCUT2D eigenvalue weighted by atomic mass is 16.6. The third kappa shape index (κ3) is 6.41. The van der Waals surface area contributed by atoms with Gasteiger partial charge < -0.3 is 36.6 Å². The van der Waals surface area contributed by atoms with Crippen LogP contribution in [0.25, 0.3) is 11.2 Å². The molecule has 1 aliphatic rings. The largest absolute Gasteiger partial charge is 0.387 e. The quantitative estimate of drug-likeness (QED) is 0.129. The van der Waals surface area contributed by atoms with Crippen molar-refractivity contribution >= 4 is 34.7 Å². The highest BCUT2D eigenvalue weighted by molar-refractivity contribution is 5.85. The molecular weight excluding hydrogens is 574 g/mol. The van der Waals surface area contributed by atoms with Gasteiger partial charge in [0.25, 0.3) is 5.91 Å². The van der Waals surface area contributed by atoms with Crippen LogP contribution in [0.1, 0.15) is 35.9 Å². The number of pyridine rings is 1. The topological polar surface area (TPSA) is 185 Å². The number of hydrogen-bond acceptors (Lipinski definition) is 11. The summed E-state index contributed by atoms with van der Waals surface area (Å²) in [5.41, 5.74) is 9.57. The molecule has 2 aromatic carbocycles. The van der Waals surface area contributed by atoms with Gasteiger partial charge in [0, 0.05) is 19.0 Å². The van der Waals surface area contributed by atoms with Crippen LogP contribution >= 0.6 is 0 Å². The van der Waals surface area contributed by atoms with Crippen molar-refractivity contribution in [3.63, 3.8) is 0 Å². The highest BCUT2D eigenvalue weighted by Gasteiger charge is 2.47. The van der Waals surface area contributed by atoms with Crippen LogP contribution in [0.4, 0.5) is 17.6 Å². The molecule has 13 nitrogen and oxygen atoms in total. The number of benzene rings is 2. The van der Waals surface area contributed by atoms with Crippen LogP contribution in [0.5, 0.6) is 0 Å². The number of likely N-dealkylation sites (N-methyl/N-ethyl adjacent to an activating group) is 1. The van der Waals surface area contributed by atoms with Gasteiger partial charge in [0.05, 0.1) is 18.6 Å². The van der Waals surface area contributed by atoms with Gasteiger partial charge >= 0.3 is 0 Å². The highest BCUT2D eigenvalue weighted by Crippen LogP contribution is 2.34. The maximum absolute atomic E-state index is 12.5. The number of amides is 1. The fourth-order valence-corrected chi connectivity index (χ4v) is 5.45. The Morgan fingerprint density at radius 1 is 0.933 bits per heavy atom. The van der Waals surface area contributed by atoms with Crippen LogP contribution in [-0.4, -0.2) is 72.0 Å². The van der Waals surface area contributed by atoms with Crippen LogP contribution in [0, 0.1) is 0 Å². The Hall–Kier alpha value is -5.11. The third-order valence-corrected chi connectivity index (χ3v) is 7.68. The van der Waals surface area contributed by atoms with Crippen molar-refractivity contribution in [3.05, 3.63) is 102 Å². The summed E-state index contributed by atoms with van der Waals surface area (Å²) in [7, 11) is 0. The van der Waals surface area contributed by atoms with Crippen molar-refractivity contribution in [3.8, 4) is 0 Å². The van der Waals surface area contributed by atoms with Gasteiger partial charge in [-0.15, -0.1) is 0 Å². The molecule has 6 rings (SSSR count). The zero-order chi connectivity index (χ0) is 31.3. The number of hydrogen-bond donors (Lipinski definition) is 6. The molecule has 0 radical (unpaired) electrons. The van der Waals surface area contributed by atoms with Gasteiger partial charge in [-0.3, -0.25) is 9.36 Å². The lowest BCUT2D eigenvalue weighted by Crippen LogP contribution is -2.42. The minimum Gasteiger partial charge on any atom is -0.387 e. The number of carbonyl (C=O) groups excluding carboxylic acids is 1. The standard InChI is InChI=1S/C32H35N9O4/c1-2-34-30(44)27-25(42)26(43)31(45-27)41-18-37-24-28(39-32(40-29(24)41)36-16-21-14-9-15-23(33)38-21)35-17-22(19-10-5-3-6-11-19)20-12-7-4-8-13-20/h3-15,18,22,25-27,31,42-43H,2,16-17H2,1H3,(H2,33,38)(H,34,44)(H2,35,36,39,40)/t25-,26+,27-,31+/m0/s1. The number of aliphatic hydroxyl groups is 2. The molecule has 0 unspecified atom stereocenters. The van der Waals surface area contributed by atoms with Crippen LogP contribution in [-0.2, 0) is 16.1 Å². The molecule has 1 aliphatic heterocycles. The molecule has 232 valence electrons. The summed E-state index contributed by atoms with van der Waals surface area (Å²) in [4.78, 5) is 30.9. The molecule has 3 aromatic heterocycles. The predicted octanol–water partition coefficient (Wildman–Crippen LogP) is 2.41. The van der Waals surface area contributed by atoms with Crippen LogP contribution in [0.3, 0.4) is 0 Å². The summed E-state index contributed by atoms with van der Waals surface area (Å²) >= 11 is 0. The number of nitrogen functional groups attached to an aromatic ring is 1. The summed E-state index contributed by atoms with van der Waals surface area (Å²) in [6.45, 7) is 2.90. The van der Waals surface area contributed by atoms with Gasteiger partial charge in [-0.05, 0) is 30.2 Å². The number of fused-ring (bicyclic) bond motifs is 1. The van der Waals surface area contributed by atoms with E-state index in [1.54, 1.807) is 13.0 Å². The maximum Gasteiger partial charge on any atom is 0.252 e. The molecular formula is C32H35N9O4. The van der Waals surface area contributed by atoms with Gasteiger partial charge in [0.1, 0.15) is 18.0 Å². The number of ether oxygens (including phenoxy) is 1. The van der Waals surface area contributed by atoms with Gasteiger partial charge in [0.2, 0.25) is 5.95 Å². The van der Waals surface area contributed by atoms with Crippen molar-refractivity contribution in [2.24, 2.45) is 0 Å². The van der Waals surface area contributed by atoms with E-state index >= 15 is 0 Å². The second kappa shape index (κ2) is 13.3. The number of anilines is 3. The van der Waals surface area contributed by atoms with Gasteiger partial charge in [-0.25, -0.2) is 9.97 Å². The van der Waals surface area contributed by atoms with E-state index in [-0.39, 0.29) is 11.9 Å². The van der Waals surface area contributed by atoms with E-state index in [1.807, 2.05) is 48.5 Å². The van der Waals surface area contributed by atoms with E-state index in [1.165, 1.54) is 10.9 Å². The lowest BCUT2D eigenvalue weighted by atomic mass is 9.91. The minimum absolute atomic E-state index is 0.000347. The molecule has 1 saturated heterocycles. The van der Waals surface area contributed by atoms with Crippen LogP contribution in [0.2, 0.25) is 0 Å². The molecule has 4 atom stereocenters. The van der Waals surface area contributed by atoms with Crippen molar-refractivity contribution in [1.29, 1.82) is 0 Å². The summed E-state index contributed by atoms with van der Waals surface area (Å²) in [5.74, 6) is 0.594. The Bertz CT molecular complexity index is 1710. The second-order valence-electron chi connectivity index (χ2n) is 10.7. The summed E-state index contributed by atoms with van der Waals surface area (Å²) < 4.78 is 7.38. The fourth-order valence-electron chi connectivity index (χ4n) is 5.45. The first-order chi connectivity index (χ1) is 21.9. The second-order valence-corrected chi connectivity index (χ2v) is 10.7. The Kier molecular flexibility index (Phi) is 8.82. The number of imidazole rings is 1. The van der Waals surface area contributed by atoms with E-state index < -0.39 is 30.4 Å². The van der Waals surface area contributed by atoms with Crippen molar-refractivity contribution in [1.82, 2.24) is 29.8 Å². The van der Waals surface area contributed by atoms with E-state index in [4.69, 9.17) is 20.4 Å². The number of aliphatic hydroxyl groups excluding tert-OH is 2. The van der Waals surface area contributed by atoms with E-state index in [9.17, 15) is 15.0 Å². The van der Waals surface area contributed by atoms with Crippen LogP contribution < -0.4 is 21.7 Å². The Balaban J connectivity index is 1.35. The molecule has 0 bridgehead atoms. The monoisotopic (exact) mass is 609 g/mol. The third-order valence-electron chi connectivity index (χ3n) is 7.68. The Morgan fingerprint density at radius 3 is 2.31 bits per heavy atom. The van der Waals surface area contributed by atoms with E-state index in [0.717, 1.165) is 11.1 Å². The molecule has 5 aromatic rings. The summed E-state index contributed by atoms with van der Waals surface area (Å²) in [5, 5.41) is 30.9. The number of carbonyl (C=O) groups is 1. The zero-order valence-electron chi connectivity index (χ0n) is 24.6. The van der Waals surface area contributed by atoms with Crippen molar-refractivity contribution < 1.29 is 19.7 Å². The molecule has 0 saturated carbocycles. The van der Waals surface area contributed by atoms with E-state index in [2.05, 4.69) is 50.2 Å². The first-order valence-corrected chi connectivity index (χ1v) is 14.8. The molecule has 1 amide bonds. The molecule has 45 heavy (non-hydrogen) atoms. The average Bonchev–Trinajstić information content (AvgIpc) is 3.61. The number of nitrogens with two attached hydrogens (primary N) is 1. The van der Waals surface area contributed by atoms with Gasteiger partial charge in [0.15, 0.2) is 29.3 Å². The first-order valence-electron chi connectivity index (χ1n) is 14.8. The van der Waals surface area contributed by atoms with Gasteiger partial charge in [-0.1, -0.05) is 66.7 Å². The predicted molar refractivity (Wildman–Crippen MR) is 169 cm³/mol. The average molecular weight is 610 g/mol. The number of nitrogens with zero attached hydrogens (tertiary/aromatic N) is 5. The molecule has 13 heteroatoms.